The zero-order valence-corrected chi connectivity index (χ0v) is 28.1. The fourth-order valence-corrected chi connectivity index (χ4v) is 6.40. The minimum atomic E-state index is -4.36. The first-order chi connectivity index (χ1) is 19.9. The van der Waals surface area contributed by atoms with Crippen LogP contribution in [-0.2, 0) is 18.1 Å². The average molecular weight is 609 g/mol. The monoisotopic (exact) mass is 608 g/mol. The SMILES string of the molecule is CCCCCCCCCCC(O)OP(=O)(OC(O)CCCCCCCCCC)OC(O)CCCCCCCCCC. The molecule has 0 aliphatic heterocycles. The zero-order valence-electron chi connectivity index (χ0n) is 27.2. The molecular formula is C33H69O7P. The third kappa shape index (κ3) is 28.5. The molecule has 7 nitrogen and oxygen atoms in total. The third-order valence-corrected chi connectivity index (χ3v) is 9.17. The van der Waals surface area contributed by atoms with Crippen molar-refractivity contribution in [2.24, 2.45) is 0 Å². The van der Waals surface area contributed by atoms with Gasteiger partial charge in [0.2, 0.25) is 0 Å². The lowest BCUT2D eigenvalue weighted by molar-refractivity contribution is -0.123. The van der Waals surface area contributed by atoms with Gasteiger partial charge in [-0.25, -0.2) is 4.57 Å². The van der Waals surface area contributed by atoms with E-state index in [1.807, 2.05) is 0 Å². The molecule has 0 aromatic heterocycles. The normalized spacial score (nSPS) is 15.6. The van der Waals surface area contributed by atoms with Gasteiger partial charge in [0.15, 0.2) is 18.9 Å². The molecule has 0 amide bonds. The van der Waals surface area contributed by atoms with Gasteiger partial charge in [0.25, 0.3) is 0 Å². The van der Waals surface area contributed by atoms with Crippen molar-refractivity contribution in [2.45, 2.75) is 213 Å². The number of phosphoric acid groups is 1. The van der Waals surface area contributed by atoms with Crippen LogP contribution < -0.4 is 0 Å². The van der Waals surface area contributed by atoms with E-state index in [2.05, 4.69) is 20.8 Å². The van der Waals surface area contributed by atoms with E-state index in [9.17, 15) is 19.9 Å². The van der Waals surface area contributed by atoms with E-state index in [0.29, 0.717) is 19.3 Å². The van der Waals surface area contributed by atoms with E-state index >= 15 is 0 Å². The van der Waals surface area contributed by atoms with Gasteiger partial charge < -0.3 is 15.3 Å². The van der Waals surface area contributed by atoms with Crippen LogP contribution in [0.3, 0.4) is 0 Å². The maximum Gasteiger partial charge on any atom is 0.481 e. The molecule has 0 radical (unpaired) electrons. The van der Waals surface area contributed by atoms with Crippen LogP contribution in [0.5, 0.6) is 0 Å². The average Bonchev–Trinajstić information content (AvgIpc) is 2.92. The maximum atomic E-state index is 13.4. The largest absolute Gasteiger partial charge is 0.481 e. The summed E-state index contributed by atoms with van der Waals surface area (Å²) < 4.78 is 29.5. The van der Waals surface area contributed by atoms with Gasteiger partial charge in [-0.3, -0.25) is 13.6 Å². The summed E-state index contributed by atoms with van der Waals surface area (Å²) in [4.78, 5) is 0. The Morgan fingerprint density at radius 3 is 0.805 bits per heavy atom. The summed E-state index contributed by atoms with van der Waals surface area (Å²) in [6.45, 7) is 6.62. The molecule has 0 rings (SSSR count). The smallest absolute Gasteiger partial charge is 0.367 e. The molecule has 0 aromatic rings. The zero-order chi connectivity index (χ0) is 30.4. The standard InChI is InChI=1S/C33H69O7P/c1-4-7-10-13-16-19-22-25-28-31(34)38-41(37,39-32(35)29-26-23-20-17-14-11-8-5-2)40-33(36)30-27-24-21-18-15-12-9-6-3/h31-36H,4-30H2,1-3H3. The number of aliphatic hydroxyl groups is 3. The van der Waals surface area contributed by atoms with Crippen LogP contribution in [0.4, 0.5) is 0 Å². The van der Waals surface area contributed by atoms with E-state index in [1.54, 1.807) is 0 Å². The molecule has 3 N–H and O–H groups in total. The van der Waals surface area contributed by atoms with Gasteiger partial charge in [-0.2, -0.15) is 0 Å². The fraction of sp³-hybridized carbons (Fsp3) is 1.00. The third-order valence-electron chi connectivity index (χ3n) is 7.67. The van der Waals surface area contributed by atoms with E-state index in [-0.39, 0.29) is 0 Å². The summed E-state index contributed by atoms with van der Waals surface area (Å²) in [6, 6.07) is 0. The highest BCUT2D eigenvalue weighted by atomic mass is 31.2. The highest BCUT2D eigenvalue weighted by Crippen LogP contribution is 2.53. The molecule has 0 aromatic carbocycles. The number of rotatable bonds is 33. The molecule has 0 heterocycles. The van der Waals surface area contributed by atoms with Crippen molar-refractivity contribution in [3.63, 3.8) is 0 Å². The van der Waals surface area contributed by atoms with Crippen LogP contribution >= 0.6 is 7.82 Å². The summed E-state index contributed by atoms with van der Waals surface area (Å²) >= 11 is 0. The lowest BCUT2D eigenvalue weighted by atomic mass is 10.1. The second-order valence-corrected chi connectivity index (χ2v) is 13.4. The van der Waals surface area contributed by atoms with Crippen LogP contribution in [0.1, 0.15) is 194 Å². The Hall–Kier alpha value is -0.0100. The Labute approximate surface area is 254 Å². The second-order valence-electron chi connectivity index (χ2n) is 11.9. The van der Waals surface area contributed by atoms with Gasteiger partial charge in [0.05, 0.1) is 0 Å². The minimum Gasteiger partial charge on any atom is -0.367 e. The molecule has 41 heavy (non-hydrogen) atoms. The summed E-state index contributed by atoms with van der Waals surface area (Å²) in [5.74, 6) is 0. The summed E-state index contributed by atoms with van der Waals surface area (Å²) in [6.07, 6.45) is 23.8. The molecule has 8 heteroatoms. The molecule has 0 saturated heterocycles. The predicted octanol–water partition coefficient (Wildman–Crippen LogP) is 10.7. The number of hydrogen-bond donors (Lipinski definition) is 3. The number of hydrogen-bond acceptors (Lipinski definition) is 7. The quantitative estimate of drug-likeness (QED) is 0.0386. The van der Waals surface area contributed by atoms with Crippen molar-refractivity contribution >= 4 is 7.82 Å². The number of aliphatic hydroxyl groups excluding tert-OH is 3. The first-order valence-electron chi connectivity index (χ1n) is 17.6. The van der Waals surface area contributed by atoms with Gasteiger partial charge in [-0.05, 0) is 38.5 Å². The van der Waals surface area contributed by atoms with Gasteiger partial charge in [-0.1, -0.05) is 156 Å². The van der Waals surface area contributed by atoms with Crippen molar-refractivity contribution in [1.29, 1.82) is 0 Å². The van der Waals surface area contributed by atoms with Gasteiger partial charge >= 0.3 is 7.82 Å². The van der Waals surface area contributed by atoms with Gasteiger partial charge in [0.1, 0.15) is 0 Å². The second kappa shape index (κ2) is 30.0. The van der Waals surface area contributed by atoms with E-state index < -0.39 is 26.7 Å². The summed E-state index contributed by atoms with van der Waals surface area (Å²) in [5.41, 5.74) is 0. The molecule has 0 aliphatic rings. The molecule has 0 saturated carbocycles. The number of phosphoric ester groups is 1. The summed E-state index contributed by atoms with van der Waals surface area (Å²) in [5, 5.41) is 31.3. The molecule has 0 aliphatic carbocycles. The van der Waals surface area contributed by atoms with Crippen LogP contribution in [0.15, 0.2) is 0 Å². The molecule has 3 atom stereocenters. The summed E-state index contributed by atoms with van der Waals surface area (Å²) in [7, 11) is -4.36. The van der Waals surface area contributed by atoms with Crippen LogP contribution in [0, 0.1) is 0 Å². The molecule has 0 bridgehead atoms. The van der Waals surface area contributed by atoms with Crippen molar-refractivity contribution in [3.8, 4) is 0 Å². The maximum absolute atomic E-state index is 13.4. The van der Waals surface area contributed by atoms with Crippen molar-refractivity contribution in [1.82, 2.24) is 0 Å². The molecule has 0 spiro atoms. The number of unbranched alkanes of at least 4 members (excludes halogenated alkanes) is 21. The molecule has 3 unspecified atom stereocenters. The Balaban J connectivity index is 4.57. The van der Waals surface area contributed by atoms with Crippen LogP contribution in [0.2, 0.25) is 0 Å². The van der Waals surface area contributed by atoms with Crippen LogP contribution in [-0.4, -0.2) is 34.2 Å². The lowest BCUT2D eigenvalue weighted by Gasteiger charge is -2.25. The van der Waals surface area contributed by atoms with Crippen molar-refractivity contribution in [2.75, 3.05) is 0 Å². The van der Waals surface area contributed by atoms with Crippen molar-refractivity contribution < 1.29 is 33.5 Å². The highest BCUT2D eigenvalue weighted by molar-refractivity contribution is 7.48. The van der Waals surface area contributed by atoms with E-state index in [1.165, 1.54) is 96.3 Å². The highest BCUT2D eigenvalue weighted by Gasteiger charge is 2.35. The van der Waals surface area contributed by atoms with E-state index in [4.69, 9.17) is 13.6 Å². The first-order valence-corrected chi connectivity index (χ1v) is 19.0. The Morgan fingerprint density at radius 2 is 0.585 bits per heavy atom. The van der Waals surface area contributed by atoms with Gasteiger partial charge in [-0.15, -0.1) is 0 Å². The molecule has 0 fully saturated rings. The predicted molar refractivity (Wildman–Crippen MR) is 171 cm³/mol. The van der Waals surface area contributed by atoms with E-state index in [0.717, 1.165) is 57.8 Å². The van der Waals surface area contributed by atoms with Crippen LogP contribution in [0.25, 0.3) is 0 Å². The topological polar surface area (TPSA) is 105 Å². The Kier molecular flexibility index (Phi) is 30.0. The molecular weight excluding hydrogens is 539 g/mol. The van der Waals surface area contributed by atoms with Gasteiger partial charge in [0, 0.05) is 0 Å². The first kappa shape index (κ1) is 41.0. The Morgan fingerprint density at radius 1 is 0.390 bits per heavy atom. The van der Waals surface area contributed by atoms with Crippen molar-refractivity contribution in [3.05, 3.63) is 0 Å². The molecule has 248 valence electrons. The minimum absolute atomic E-state index is 0.300. The Bertz CT molecular complexity index is 502. The lowest BCUT2D eigenvalue weighted by Crippen LogP contribution is -2.21. The fourth-order valence-electron chi connectivity index (χ4n) is 5.04.